The molecule has 4 nitrogen and oxygen atoms in total. The van der Waals surface area contributed by atoms with Gasteiger partial charge in [0.05, 0.1) is 38.8 Å². The van der Waals surface area contributed by atoms with E-state index in [9.17, 15) is 0 Å². The molecule has 0 atom stereocenters. The minimum Gasteiger partial charge on any atom is -0.308 e. The van der Waals surface area contributed by atoms with E-state index in [1.807, 2.05) is 6.07 Å². The molecule has 7 aromatic carbocycles. The Labute approximate surface area is 262 Å². The van der Waals surface area contributed by atoms with E-state index < -0.39 is 0 Å². The topological polar surface area (TPSA) is 35.1 Å². The van der Waals surface area contributed by atoms with Crippen molar-refractivity contribution in [2.75, 3.05) is 0 Å². The number of para-hydroxylation sites is 3. The van der Waals surface area contributed by atoms with Crippen molar-refractivity contribution in [3.05, 3.63) is 146 Å². The maximum absolute atomic E-state index is 5.37. The Morgan fingerprint density at radius 1 is 0.413 bits per heavy atom. The van der Waals surface area contributed by atoms with Crippen LogP contribution in [0.15, 0.2) is 146 Å². The summed E-state index contributed by atoms with van der Waals surface area (Å²) >= 11 is 0. The second-order valence-corrected chi connectivity index (χ2v) is 12.2. The first-order chi connectivity index (χ1) is 22.8. The summed E-state index contributed by atoms with van der Waals surface area (Å²) in [5, 5.41) is 11.0. The van der Waals surface area contributed by atoms with Crippen LogP contribution in [0.4, 0.5) is 0 Å². The average Bonchev–Trinajstić information content (AvgIpc) is 3.59. The highest BCUT2D eigenvalue weighted by atomic mass is 15.2. The van der Waals surface area contributed by atoms with Crippen molar-refractivity contribution in [2.45, 2.75) is 0 Å². The molecule has 4 aromatic heterocycles. The van der Waals surface area contributed by atoms with E-state index in [4.69, 9.17) is 9.97 Å². The average molecular weight is 585 g/mol. The fraction of sp³-hybridized carbons (Fsp3) is 0. The predicted octanol–water partition coefficient (Wildman–Crippen LogP) is 10.7. The molecule has 11 aromatic rings. The van der Waals surface area contributed by atoms with E-state index in [1.54, 1.807) is 0 Å². The summed E-state index contributed by atoms with van der Waals surface area (Å²) in [6, 6.07) is 52.2. The van der Waals surface area contributed by atoms with Crippen molar-refractivity contribution < 1.29 is 0 Å². The highest BCUT2D eigenvalue weighted by Crippen LogP contribution is 2.46. The Morgan fingerprint density at radius 3 is 2.00 bits per heavy atom. The molecule has 0 unspecified atom stereocenters. The second-order valence-electron chi connectivity index (χ2n) is 12.2. The monoisotopic (exact) mass is 584 g/mol. The van der Waals surface area contributed by atoms with Crippen LogP contribution in [-0.2, 0) is 0 Å². The van der Waals surface area contributed by atoms with Crippen LogP contribution < -0.4 is 0 Å². The normalized spacial score (nSPS) is 12.3. The summed E-state index contributed by atoms with van der Waals surface area (Å²) in [5.74, 6) is 0.673. The molecule has 0 fully saturated rings. The van der Waals surface area contributed by atoms with Crippen molar-refractivity contribution in [3.8, 4) is 17.2 Å². The summed E-state index contributed by atoms with van der Waals surface area (Å²) in [4.78, 5) is 10.6. The standard InChI is InChI=1S/C42H24N4/c1-2-12-25(13-3-1)40-30-17-6-8-20-32(30)43-42(44-40)46-35-23-11-22-34-38(35)39-36(46)24-26-14-4-5-15-27(26)37(39)31-19-10-18-29-28-16-7-9-21-33(28)45(34)41(29)31/h1-24H. The first-order valence-electron chi connectivity index (χ1n) is 15.7. The summed E-state index contributed by atoms with van der Waals surface area (Å²) in [7, 11) is 0. The largest absolute Gasteiger partial charge is 0.308 e. The lowest BCUT2D eigenvalue weighted by Gasteiger charge is -2.12. The van der Waals surface area contributed by atoms with Crippen molar-refractivity contribution in [2.24, 2.45) is 0 Å². The van der Waals surface area contributed by atoms with Crippen LogP contribution in [0.5, 0.6) is 0 Å². The Balaban J connectivity index is 1.43. The maximum Gasteiger partial charge on any atom is 0.235 e. The highest BCUT2D eigenvalue weighted by Gasteiger charge is 2.24. The molecule has 0 aliphatic rings. The van der Waals surface area contributed by atoms with Gasteiger partial charge in [-0.1, -0.05) is 115 Å². The highest BCUT2D eigenvalue weighted by molar-refractivity contribution is 6.36. The van der Waals surface area contributed by atoms with Gasteiger partial charge in [0.15, 0.2) is 0 Å². The number of nitrogens with zero attached hydrogens (tertiary/aromatic N) is 4. The van der Waals surface area contributed by atoms with Crippen LogP contribution in [0, 0.1) is 0 Å². The van der Waals surface area contributed by atoms with E-state index in [0.29, 0.717) is 5.95 Å². The van der Waals surface area contributed by atoms with E-state index >= 15 is 0 Å². The fourth-order valence-corrected chi connectivity index (χ4v) is 8.00. The quantitative estimate of drug-likeness (QED) is 0.203. The third-order valence-corrected chi connectivity index (χ3v) is 9.82. The molecule has 4 heteroatoms. The Kier molecular flexibility index (Phi) is 4.55. The summed E-state index contributed by atoms with van der Waals surface area (Å²) < 4.78 is 4.78. The van der Waals surface area contributed by atoms with Gasteiger partial charge in [-0.2, -0.15) is 0 Å². The first-order valence-corrected chi connectivity index (χ1v) is 15.7. The lowest BCUT2D eigenvalue weighted by molar-refractivity contribution is 1.01. The summed E-state index contributed by atoms with van der Waals surface area (Å²) in [6.07, 6.45) is 0. The van der Waals surface area contributed by atoms with E-state index in [0.717, 1.165) is 33.2 Å². The van der Waals surface area contributed by atoms with Crippen molar-refractivity contribution in [1.29, 1.82) is 0 Å². The summed E-state index contributed by atoms with van der Waals surface area (Å²) in [6.45, 7) is 0. The first kappa shape index (κ1) is 24.1. The third kappa shape index (κ3) is 2.98. The van der Waals surface area contributed by atoms with Gasteiger partial charge in [0.25, 0.3) is 0 Å². The van der Waals surface area contributed by atoms with Crippen LogP contribution in [0.3, 0.4) is 0 Å². The molecule has 4 heterocycles. The zero-order valence-corrected chi connectivity index (χ0v) is 24.6. The van der Waals surface area contributed by atoms with E-state index in [2.05, 4.69) is 148 Å². The lowest BCUT2D eigenvalue weighted by Crippen LogP contribution is -2.03. The molecule has 0 N–H and O–H groups in total. The molecule has 11 rings (SSSR count). The van der Waals surface area contributed by atoms with Crippen molar-refractivity contribution >= 4 is 81.6 Å². The molecule has 0 saturated carbocycles. The van der Waals surface area contributed by atoms with Crippen LogP contribution in [0.25, 0.3) is 98.8 Å². The van der Waals surface area contributed by atoms with E-state index in [1.165, 1.54) is 59.6 Å². The Bertz CT molecular complexity index is 3020. The number of hydrogen-bond acceptors (Lipinski definition) is 2. The van der Waals surface area contributed by atoms with Crippen LogP contribution >= 0.6 is 0 Å². The Morgan fingerprint density at radius 2 is 1.09 bits per heavy atom. The van der Waals surface area contributed by atoms with Gasteiger partial charge in [0.2, 0.25) is 5.95 Å². The van der Waals surface area contributed by atoms with Gasteiger partial charge in [0.1, 0.15) is 0 Å². The molecular weight excluding hydrogens is 560 g/mol. The van der Waals surface area contributed by atoms with Crippen molar-refractivity contribution in [3.63, 3.8) is 0 Å². The molecule has 0 amide bonds. The molecule has 0 aliphatic carbocycles. The van der Waals surface area contributed by atoms with Crippen LogP contribution in [0.2, 0.25) is 0 Å². The fourth-order valence-electron chi connectivity index (χ4n) is 8.00. The van der Waals surface area contributed by atoms with Gasteiger partial charge >= 0.3 is 0 Å². The van der Waals surface area contributed by atoms with Gasteiger partial charge in [0, 0.05) is 43.3 Å². The number of hydrogen-bond donors (Lipinski definition) is 0. The molecule has 0 spiro atoms. The Hall–Kier alpha value is -6.26. The molecule has 0 aliphatic heterocycles. The lowest BCUT2D eigenvalue weighted by atomic mass is 9.97. The van der Waals surface area contributed by atoms with Crippen LogP contribution in [-0.4, -0.2) is 18.9 Å². The smallest absolute Gasteiger partial charge is 0.235 e. The van der Waals surface area contributed by atoms with Gasteiger partial charge in [-0.15, -0.1) is 0 Å². The number of aromatic nitrogens is 4. The minimum absolute atomic E-state index is 0.673. The zero-order valence-electron chi connectivity index (χ0n) is 24.6. The number of fused-ring (bicyclic) bond motifs is 8. The molecular formula is C42H24N4. The summed E-state index contributed by atoms with van der Waals surface area (Å²) in [5.41, 5.74) is 8.78. The van der Waals surface area contributed by atoms with Crippen molar-refractivity contribution in [1.82, 2.24) is 18.9 Å². The molecule has 212 valence electrons. The second kappa shape index (κ2) is 8.68. The van der Waals surface area contributed by atoms with E-state index in [-0.39, 0.29) is 0 Å². The number of benzene rings is 7. The van der Waals surface area contributed by atoms with Crippen LogP contribution in [0.1, 0.15) is 0 Å². The molecule has 46 heavy (non-hydrogen) atoms. The third-order valence-electron chi connectivity index (χ3n) is 9.82. The van der Waals surface area contributed by atoms with Gasteiger partial charge in [-0.25, -0.2) is 9.97 Å². The SMILES string of the molecule is c1ccc(-c2nc(-n3c4cc5ccccc5c5c6cccc7c8ccccc8n(c8cccc3c8c54)c76)nc3ccccc23)cc1. The van der Waals surface area contributed by atoms with Gasteiger partial charge < -0.3 is 4.40 Å². The minimum atomic E-state index is 0.673. The maximum atomic E-state index is 5.37. The van der Waals surface area contributed by atoms with Gasteiger partial charge in [-0.05, 0) is 41.1 Å². The molecule has 0 saturated heterocycles. The zero-order chi connectivity index (χ0) is 29.9. The number of rotatable bonds is 2. The van der Waals surface area contributed by atoms with Gasteiger partial charge in [-0.3, -0.25) is 4.57 Å². The molecule has 0 bridgehead atoms. The predicted molar refractivity (Wildman–Crippen MR) is 191 cm³/mol. The molecule has 0 radical (unpaired) electrons.